The second kappa shape index (κ2) is 6.70. The second-order valence-corrected chi connectivity index (χ2v) is 7.39. The molecule has 3 rings (SSSR count). The topological polar surface area (TPSA) is 98.0 Å². The number of anilines is 2. The first kappa shape index (κ1) is 17.2. The van der Waals surface area contributed by atoms with Crippen molar-refractivity contribution in [1.82, 2.24) is 9.97 Å². The van der Waals surface area contributed by atoms with Gasteiger partial charge in [-0.15, -0.1) is 0 Å². The van der Waals surface area contributed by atoms with Gasteiger partial charge in [-0.3, -0.25) is 4.72 Å². The fourth-order valence-corrected chi connectivity index (χ4v) is 3.64. The monoisotopic (exact) mass is 374 g/mol. The molecule has 2 aromatic heterocycles. The molecule has 3 aromatic rings. The SMILES string of the molecule is Cc1ccccc1-c1nc(NS(=O)(=O)c2cccnc2N)ccc1Cl. The second-order valence-electron chi connectivity index (χ2n) is 5.33. The maximum absolute atomic E-state index is 12.5. The van der Waals surface area contributed by atoms with Gasteiger partial charge >= 0.3 is 0 Å². The van der Waals surface area contributed by atoms with Crippen LogP contribution in [0, 0.1) is 6.92 Å². The van der Waals surface area contributed by atoms with Crippen molar-refractivity contribution in [3.63, 3.8) is 0 Å². The number of halogens is 1. The van der Waals surface area contributed by atoms with Gasteiger partial charge < -0.3 is 5.73 Å². The quantitative estimate of drug-likeness (QED) is 0.728. The zero-order chi connectivity index (χ0) is 18.0. The summed E-state index contributed by atoms with van der Waals surface area (Å²) in [5.74, 6) is 0.0639. The zero-order valence-corrected chi connectivity index (χ0v) is 14.8. The third kappa shape index (κ3) is 3.57. The molecular weight excluding hydrogens is 360 g/mol. The maximum Gasteiger partial charge on any atom is 0.266 e. The number of nitrogens with two attached hydrogens (primary N) is 1. The fraction of sp³-hybridized carbons (Fsp3) is 0.0588. The van der Waals surface area contributed by atoms with Crippen LogP contribution in [0.25, 0.3) is 11.3 Å². The largest absolute Gasteiger partial charge is 0.383 e. The lowest BCUT2D eigenvalue weighted by atomic mass is 10.1. The van der Waals surface area contributed by atoms with Crippen molar-refractivity contribution in [1.29, 1.82) is 0 Å². The van der Waals surface area contributed by atoms with Gasteiger partial charge in [0.15, 0.2) is 0 Å². The van der Waals surface area contributed by atoms with Crippen LogP contribution in [0.2, 0.25) is 5.02 Å². The molecule has 0 radical (unpaired) electrons. The molecule has 0 spiro atoms. The number of aryl methyl sites for hydroxylation is 1. The van der Waals surface area contributed by atoms with E-state index in [1.54, 1.807) is 6.07 Å². The molecule has 0 aliphatic rings. The van der Waals surface area contributed by atoms with Gasteiger partial charge in [-0.2, -0.15) is 0 Å². The van der Waals surface area contributed by atoms with Crippen molar-refractivity contribution in [2.24, 2.45) is 0 Å². The Morgan fingerprint density at radius 3 is 2.56 bits per heavy atom. The molecule has 6 nitrogen and oxygen atoms in total. The van der Waals surface area contributed by atoms with E-state index in [1.165, 1.54) is 24.4 Å². The average molecular weight is 375 g/mol. The minimum atomic E-state index is -3.91. The Labute approximate surface area is 150 Å². The molecule has 0 unspecified atom stereocenters. The summed E-state index contributed by atoms with van der Waals surface area (Å²) in [7, 11) is -3.91. The van der Waals surface area contributed by atoms with Crippen LogP contribution in [-0.4, -0.2) is 18.4 Å². The Hall–Kier alpha value is -2.64. The normalized spacial score (nSPS) is 11.3. The number of pyridine rings is 2. The summed E-state index contributed by atoms with van der Waals surface area (Å²) < 4.78 is 27.5. The number of nitrogens with zero attached hydrogens (tertiary/aromatic N) is 2. The molecule has 0 fully saturated rings. The standard InChI is InChI=1S/C17H15ClN4O2S/c1-11-5-2-3-6-12(11)16-13(18)8-9-15(21-16)22-25(23,24)14-7-4-10-20-17(14)19/h2-10H,1H3,(H2,19,20)(H,21,22). The zero-order valence-electron chi connectivity index (χ0n) is 13.3. The number of nitrogen functional groups attached to an aromatic ring is 1. The summed E-state index contributed by atoms with van der Waals surface area (Å²) in [5, 5.41) is 0.429. The molecule has 3 N–H and O–H groups in total. The van der Waals surface area contributed by atoms with Crippen LogP contribution < -0.4 is 10.5 Å². The first-order chi connectivity index (χ1) is 11.9. The summed E-state index contributed by atoms with van der Waals surface area (Å²) in [5.41, 5.74) is 7.96. The van der Waals surface area contributed by atoms with E-state index >= 15 is 0 Å². The van der Waals surface area contributed by atoms with Crippen molar-refractivity contribution >= 4 is 33.3 Å². The molecule has 0 amide bonds. The highest BCUT2D eigenvalue weighted by molar-refractivity contribution is 7.92. The van der Waals surface area contributed by atoms with Crippen molar-refractivity contribution in [2.75, 3.05) is 10.5 Å². The predicted octanol–water partition coefficient (Wildman–Crippen LogP) is 3.49. The Kier molecular flexibility index (Phi) is 4.61. The number of hydrogen-bond donors (Lipinski definition) is 2. The lowest BCUT2D eigenvalue weighted by Gasteiger charge is -2.12. The van der Waals surface area contributed by atoms with Crippen LogP contribution in [-0.2, 0) is 10.0 Å². The number of sulfonamides is 1. The van der Waals surface area contributed by atoms with Gasteiger partial charge in [0.25, 0.3) is 10.0 Å². The molecule has 0 bridgehead atoms. The molecule has 25 heavy (non-hydrogen) atoms. The van der Waals surface area contributed by atoms with Crippen molar-refractivity contribution < 1.29 is 8.42 Å². The van der Waals surface area contributed by atoms with Crippen molar-refractivity contribution in [3.8, 4) is 11.3 Å². The lowest BCUT2D eigenvalue weighted by molar-refractivity contribution is 0.601. The molecular formula is C17H15ClN4O2S. The smallest absolute Gasteiger partial charge is 0.266 e. The number of rotatable bonds is 4. The van der Waals surface area contributed by atoms with Gasteiger partial charge in [0.2, 0.25) is 0 Å². The fourth-order valence-electron chi connectivity index (χ4n) is 2.35. The molecule has 8 heteroatoms. The molecule has 2 heterocycles. The highest BCUT2D eigenvalue weighted by atomic mass is 35.5. The Balaban J connectivity index is 2.01. The Morgan fingerprint density at radius 1 is 1.08 bits per heavy atom. The average Bonchev–Trinajstić information content (AvgIpc) is 2.57. The van der Waals surface area contributed by atoms with Gasteiger partial charge in [0.05, 0.1) is 10.7 Å². The lowest BCUT2D eigenvalue weighted by Crippen LogP contribution is -2.16. The van der Waals surface area contributed by atoms with E-state index in [9.17, 15) is 8.42 Å². The van der Waals surface area contributed by atoms with Gasteiger partial charge in [-0.25, -0.2) is 18.4 Å². The van der Waals surface area contributed by atoms with E-state index in [1.807, 2.05) is 31.2 Å². The van der Waals surface area contributed by atoms with Crippen LogP contribution >= 0.6 is 11.6 Å². The van der Waals surface area contributed by atoms with Gasteiger partial charge in [-0.1, -0.05) is 35.9 Å². The van der Waals surface area contributed by atoms with Gasteiger partial charge in [0.1, 0.15) is 16.5 Å². The highest BCUT2D eigenvalue weighted by Crippen LogP contribution is 2.30. The van der Waals surface area contributed by atoms with Crippen LogP contribution in [0.15, 0.2) is 59.6 Å². The maximum atomic E-state index is 12.5. The molecule has 0 aliphatic carbocycles. The van der Waals surface area contributed by atoms with Crippen LogP contribution in [0.3, 0.4) is 0 Å². The number of nitrogens with one attached hydrogen (secondary N) is 1. The van der Waals surface area contributed by atoms with Gasteiger partial charge in [0, 0.05) is 11.8 Å². The number of hydrogen-bond acceptors (Lipinski definition) is 5. The number of benzene rings is 1. The minimum Gasteiger partial charge on any atom is -0.383 e. The summed E-state index contributed by atoms with van der Waals surface area (Å²) in [6.07, 6.45) is 1.42. The Morgan fingerprint density at radius 2 is 1.84 bits per heavy atom. The summed E-state index contributed by atoms with van der Waals surface area (Å²) in [6, 6.07) is 13.6. The minimum absolute atomic E-state index is 0.0805. The summed E-state index contributed by atoms with van der Waals surface area (Å²) >= 11 is 6.25. The molecule has 1 aromatic carbocycles. The molecule has 0 aliphatic heterocycles. The van der Waals surface area contributed by atoms with E-state index in [2.05, 4.69) is 14.7 Å². The van der Waals surface area contributed by atoms with E-state index in [0.717, 1.165) is 11.1 Å². The summed E-state index contributed by atoms with van der Waals surface area (Å²) in [6.45, 7) is 1.93. The van der Waals surface area contributed by atoms with Crippen LogP contribution in [0.1, 0.15) is 5.56 Å². The highest BCUT2D eigenvalue weighted by Gasteiger charge is 2.19. The van der Waals surface area contributed by atoms with E-state index < -0.39 is 10.0 Å². The predicted molar refractivity (Wildman–Crippen MR) is 98.9 cm³/mol. The molecule has 128 valence electrons. The Bertz CT molecular complexity index is 1040. The third-order valence-corrected chi connectivity index (χ3v) is 5.28. The first-order valence-corrected chi connectivity index (χ1v) is 9.20. The van der Waals surface area contributed by atoms with Gasteiger partial charge in [-0.05, 0) is 36.8 Å². The summed E-state index contributed by atoms with van der Waals surface area (Å²) in [4.78, 5) is 8.05. The van der Waals surface area contributed by atoms with Crippen LogP contribution in [0.4, 0.5) is 11.6 Å². The van der Waals surface area contributed by atoms with E-state index in [0.29, 0.717) is 10.7 Å². The van der Waals surface area contributed by atoms with Crippen LogP contribution in [0.5, 0.6) is 0 Å². The first-order valence-electron chi connectivity index (χ1n) is 7.34. The molecule has 0 saturated carbocycles. The number of aromatic nitrogens is 2. The van der Waals surface area contributed by atoms with Crippen molar-refractivity contribution in [2.45, 2.75) is 11.8 Å². The van der Waals surface area contributed by atoms with E-state index in [4.69, 9.17) is 17.3 Å². The van der Waals surface area contributed by atoms with Crippen molar-refractivity contribution in [3.05, 3.63) is 65.3 Å². The third-order valence-electron chi connectivity index (χ3n) is 3.57. The molecule has 0 atom stereocenters. The van der Waals surface area contributed by atoms with E-state index in [-0.39, 0.29) is 16.5 Å². The molecule has 0 saturated heterocycles.